The van der Waals surface area contributed by atoms with Gasteiger partial charge in [-0.2, -0.15) is 0 Å². The lowest BCUT2D eigenvalue weighted by Gasteiger charge is -2.19. The van der Waals surface area contributed by atoms with Gasteiger partial charge in [-0.3, -0.25) is 4.79 Å². The van der Waals surface area contributed by atoms with Gasteiger partial charge in [0, 0.05) is 25.4 Å². The van der Waals surface area contributed by atoms with Crippen molar-refractivity contribution in [1.82, 2.24) is 4.90 Å². The number of unbranched alkanes of at least 4 members (excludes halogenated alkanes) is 3. The minimum Gasteiger partial charge on any atom is -0.392 e. The molecule has 0 radical (unpaired) electrons. The van der Waals surface area contributed by atoms with Gasteiger partial charge in [0.25, 0.3) is 0 Å². The van der Waals surface area contributed by atoms with Crippen molar-refractivity contribution in [2.75, 3.05) is 13.1 Å². The highest BCUT2D eigenvalue weighted by atomic mass is 16.3. The van der Waals surface area contributed by atoms with Crippen molar-refractivity contribution in [3.63, 3.8) is 0 Å². The molecule has 164 valence electrons. The van der Waals surface area contributed by atoms with Crippen LogP contribution in [0, 0.1) is 17.8 Å². The van der Waals surface area contributed by atoms with E-state index in [4.69, 9.17) is 0 Å². The number of hydrogen-bond donors (Lipinski definition) is 2. The van der Waals surface area contributed by atoms with Gasteiger partial charge in [-0.1, -0.05) is 50.0 Å². The van der Waals surface area contributed by atoms with Crippen LogP contribution in [-0.2, 0) is 4.79 Å². The SMILES string of the molecule is CCCCC[C@H](O)/C=C/[C@@H]1[C@H]2CC(CCCCC(=O)N3CCCC3)=C[C@H]2C[C@H]1O. The molecule has 1 saturated carbocycles. The summed E-state index contributed by atoms with van der Waals surface area (Å²) in [6.07, 6.45) is 18.1. The third-order valence-corrected chi connectivity index (χ3v) is 7.21. The Bertz CT molecular complexity index is 579. The second-order valence-corrected chi connectivity index (χ2v) is 9.48. The molecule has 0 spiro atoms. The van der Waals surface area contributed by atoms with E-state index in [9.17, 15) is 15.0 Å². The number of hydrogen-bond acceptors (Lipinski definition) is 3. The number of aliphatic hydroxyl groups excluding tert-OH is 2. The van der Waals surface area contributed by atoms with Crippen molar-refractivity contribution >= 4 is 5.91 Å². The molecular formula is C25H41NO3. The van der Waals surface area contributed by atoms with Gasteiger partial charge >= 0.3 is 0 Å². The molecule has 2 aliphatic carbocycles. The summed E-state index contributed by atoms with van der Waals surface area (Å²) in [6.45, 7) is 4.09. The molecule has 1 heterocycles. The number of fused-ring (bicyclic) bond motifs is 1. The predicted molar refractivity (Wildman–Crippen MR) is 117 cm³/mol. The number of carbonyl (C=O) groups excluding carboxylic acids is 1. The maximum absolute atomic E-state index is 12.1. The number of nitrogens with zero attached hydrogens (tertiary/aromatic N) is 1. The molecule has 29 heavy (non-hydrogen) atoms. The Morgan fingerprint density at radius 1 is 1.24 bits per heavy atom. The Labute approximate surface area is 177 Å². The lowest BCUT2D eigenvalue weighted by Crippen LogP contribution is -2.27. The molecule has 3 aliphatic rings. The lowest BCUT2D eigenvalue weighted by molar-refractivity contribution is -0.130. The van der Waals surface area contributed by atoms with Gasteiger partial charge in [-0.25, -0.2) is 0 Å². The first-order chi connectivity index (χ1) is 14.1. The topological polar surface area (TPSA) is 60.8 Å². The van der Waals surface area contributed by atoms with Crippen molar-refractivity contribution in [2.45, 2.75) is 96.2 Å². The molecule has 0 aromatic carbocycles. The minimum absolute atomic E-state index is 0.173. The van der Waals surface area contributed by atoms with Crippen LogP contribution in [0.25, 0.3) is 0 Å². The third kappa shape index (κ3) is 6.42. The maximum atomic E-state index is 12.1. The van der Waals surface area contributed by atoms with Crippen LogP contribution < -0.4 is 0 Å². The number of allylic oxidation sites excluding steroid dienone is 2. The normalized spacial score (nSPS) is 30.2. The van der Waals surface area contributed by atoms with Gasteiger partial charge in [0.15, 0.2) is 0 Å². The second kappa shape index (κ2) is 11.3. The zero-order valence-electron chi connectivity index (χ0n) is 18.3. The largest absolute Gasteiger partial charge is 0.392 e. The average molecular weight is 404 g/mol. The van der Waals surface area contributed by atoms with Crippen molar-refractivity contribution < 1.29 is 15.0 Å². The van der Waals surface area contributed by atoms with Gasteiger partial charge in [0.05, 0.1) is 12.2 Å². The number of aliphatic hydroxyl groups is 2. The Morgan fingerprint density at radius 3 is 2.79 bits per heavy atom. The van der Waals surface area contributed by atoms with Crippen LogP contribution in [0.3, 0.4) is 0 Å². The molecular weight excluding hydrogens is 362 g/mol. The van der Waals surface area contributed by atoms with Crippen LogP contribution in [0.5, 0.6) is 0 Å². The van der Waals surface area contributed by atoms with Crippen LogP contribution in [-0.4, -0.2) is 46.3 Å². The van der Waals surface area contributed by atoms with E-state index in [-0.39, 0.29) is 18.1 Å². The molecule has 1 aliphatic heterocycles. The van der Waals surface area contributed by atoms with Crippen molar-refractivity contribution in [2.24, 2.45) is 17.8 Å². The summed E-state index contributed by atoms with van der Waals surface area (Å²) in [4.78, 5) is 14.2. The van der Waals surface area contributed by atoms with E-state index in [0.717, 1.165) is 58.0 Å². The fourth-order valence-electron chi connectivity index (χ4n) is 5.50. The van der Waals surface area contributed by atoms with Crippen LogP contribution >= 0.6 is 0 Å². The van der Waals surface area contributed by atoms with E-state index in [1.54, 1.807) is 0 Å². The first kappa shape index (κ1) is 22.6. The third-order valence-electron chi connectivity index (χ3n) is 7.21. The number of likely N-dealkylation sites (tertiary alicyclic amines) is 1. The summed E-state index contributed by atoms with van der Waals surface area (Å²) < 4.78 is 0. The molecule has 0 aromatic rings. The molecule has 0 unspecified atom stereocenters. The van der Waals surface area contributed by atoms with E-state index >= 15 is 0 Å². The first-order valence-electron chi connectivity index (χ1n) is 12.1. The summed E-state index contributed by atoms with van der Waals surface area (Å²) in [5, 5.41) is 20.7. The Hall–Kier alpha value is -1.13. The number of amides is 1. The predicted octanol–water partition coefficient (Wildman–Crippen LogP) is 4.61. The van der Waals surface area contributed by atoms with E-state index in [2.05, 4.69) is 19.1 Å². The van der Waals surface area contributed by atoms with Crippen LogP contribution in [0.2, 0.25) is 0 Å². The zero-order valence-corrected chi connectivity index (χ0v) is 18.3. The fraction of sp³-hybridized carbons (Fsp3) is 0.800. The highest BCUT2D eigenvalue weighted by Crippen LogP contribution is 2.48. The van der Waals surface area contributed by atoms with E-state index in [0.29, 0.717) is 24.2 Å². The van der Waals surface area contributed by atoms with E-state index in [1.165, 1.54) is 31.3 Å². The number of carbonyl (C=O) groups is 1. The fourth-order valence-corrected chi connectivity index (χ4v) is 5.50. The van der Waals surface area contributed by atoms with Crippen molar-refractivity contribution in [3.8, 4) is 0 Å². The van der Waals surface area contributed by atoms with Crippen LogP contribution in [0.15, 0.2) is 23.8 Å². The smallest absolute Gasteiger partial charge is 0.222 e. The average Bonchev–Trinajstić information content (AvgIpc) is 3.41. The number of rotatable bonds is 11. The molecule has 0 bridgehead atoms. The lowest BCUT2D eigenvalue weighted by atomic mass is 9.88. The molecule has 4 nitrogen and oxygen atoms in total. The van der Waals surface area contributed by atoms with Gasteiger partial charge in [-0.05, 0) is 63.2 Å². The molecule has 1 saturated heterocycles. The molecule has 0 aromatic heterocycles. The van der Waals surface area contributed by atoms with Crippen LogP contribution in [0.1, 0.15) is 84.0 Å². The zero-order chi connectivity index (χ0) is 20.6. The van der Waals surface area contributed by atoms with E-state index in [1.807, 2.05) is 11.0 Å². The molecule has 5 atom stereocenters. The maximum Gasteiger partial charge on any atom is 0.222 e. The standard InChI is InChI=1S/C25H41NO3/c1-2-3-4-10-21(27)12-13-22-23-17-19(16-20(23)18-24(22)28)9-5-6-11-25(29)26-14-7-8-15-26/h12-13,16,20-24,27-28H,2-11,14-15,17-18H2,1H3/b13-12+/t20-,21-,22+,23-,24+/m0/s1. The van der Waals surface area contributed by atoms with Gasteiger partial charge in [-0.15, -0.1) is 0 Å². The van der Waals surface area contributed by atoms with Crippen molar-refractivity contribution in [1.29, 1.82) is 0 Å². The van der Waals surface area contributed by atoms with Crippen LogP contribution in [0.4, 0.5) is 0 Å². The highest BCUT2D eigenvalue weighted by molar-refractivity contribution is 5.76. The Kier molecular flexibility index (Phi) is 8.80. The van der Waals surface area contributed by atoms with E-state index < -0.39 is 0 Å². The summed E-state index contributed by atoms with van der Waals surface area (Å²) >= 11 is 0. The van der Waals surface area contributed by atoms with Gasteiger partial charge < -0.3 is 15.1 Å². The summed E-state index contributed by atoms with van der Waals surface area (Å²) in [6, 6.07) is 0. The quantitative estimate of drug-likeness (QED) is 0.391. The second-order valence-electron chi connectivity index (χ2n) is 9.48. The molecule has 2 N–H and O–H groups in total. The summed E-state index contributed by atoms with van der Waals surface area (Å²) in [7, 11) is 0. The summed E-state index contributed by atoms with van der Waals surface area (Å²) in [5.74, 6) is 1.49. The Balaban J connectivity index is 1.38. The van der Waals surface area contributed by atoms with Gasteiger partial charge in [0.1, 0.15) is 0 Å². The first-order valence-corrected chi connectivity index (χ1v) is 12.1. The molecule has 2 fully saturated rings. The summed E-state index contributed by atoms with van der Waals surface area (Å²) in [5.41, 5.74) is 1.52. The molecule has 4 heteroatoms. The highest BCUT2D eigenvalue weighted by Gasteiger charge is 2.43. The molecule has 1 amide bonds. The monoisotopic (exact) mass is 403 g/mol. The Morgan fingerprint density at radius 2 is 2.03 bits per heavy atom. The van der Waals surface area contributed by atoms with Crippen molar-refractivity contribution in [3.05, 3.63) is 23.8 Å². The minimum atomic E-state index is -0.380. The molecule has 3 rings (SSSR count). The van der Waals surface area contributed by atoms with Gasteiger partial charge in [0.2, 0.25) is 5.91 Å².